The maximum atomic E-state index is 4.21. The zero-order chi connectivity index (χ0) is 13.1. The number of nitrogens with one attached hydrogen (secondary N) is 1. The summed E-state index contributed by atoms with van der Waals surface area (Å²) in [4.78, 5) is 0. The molecule has 1 atom stereocenters. The van der Waals surface area contributed by atoms with Crippen LogP contribution >= 0.6 is 15.9 Å². The average molecular weight is 308 g/mol. The summed E-state index contributed by atoms with van der Waals surface area (Å²) in [6.07, 6.45) is 4.93. The van der Waals surface area contributed by atoms with Crippen LogP contribution in [0.1, 0.15) is 22.7 Å². The highest BCUT2D eigenvalue weighted by Crippen LogP contribution is 2.26. The fraction of sp³-hybridized carbons (Fsp3) is 0.357. The number of aryl methyl sites for hydroxylation is 2. The second kappa shape index (κ2) is 5.67. The highest BCUT2D eigenvalue weighted by atomic mass is 79.9. The van der Waals surface area contributed by atoms with Crippen molar-refractivity contribution < 1.29 is 0 Å². The number of hydrogen-bond donors (Lipinski definition) is 1. The van der Waals surface area contributed by atoms with E-state index in [1.54, 1.807) is 0 Å². The van der Waals surface area contributed by atoms with Crippen molar-refractivity contribution in [3.05, 3.63) is 51.8 Å². The van der Waals surface area contributed by atoms with Gasteiger partial charge in [-0.2, -0.15) is 5.10 Å². The minimum absolute atomic E-state index is 0.295. The normalized spacial score (nSPS) is 12.7. The Bertz CT molecular complexity index is 534. The SMILES string of the molecule is CNC(Cc1cnn(C)c1)c1cc(C)ccc1Br. The van der Waals surface area contributed by atoms with Crippen molar-refractivity contribution in [2.45, 2.75) is 19.4 Å². The third-order valence-corrected chi connectivity index (χ3v) is 3.80. The van der Waals surface area contributed by atoms with Crippen LogP contribution in [-0.2, 0) is 13.5 Å². The van der Waals surface area contributed by atoms with Gasteiger partial charge >= 0.3 is 0 Å². The lowest BCUT2D eigenvalue weighted by molar-refractivity contribution is 0.589. The Morgan fingerprint density at radius 3 is 2.83 bits per heavy atom. The lowest BCUT2D eigenvalue weighted by Gasteiger charge is -2.18. The number of halogens is 1. The molecule has 2 rings (SSSR count). The van der Waals surface area contributed by atoms with Crippen molar-refractivity contribution >= 4 is 15.9 Å². The second-order valence-electron chi connectivity index (χ2n) is 4.59. The first-order valence-corrected chi connectivity index (χ1v) is 6.80. The Morgan fingerprint density at radius 2 is 2.22 bits per heavy atom. The van der Waals surface area contributed by atoms with E-state index in [0.29, 0.717) is 6.04 Å². The maximum Gasteiger partial charge on any atom is 0.0522 e. The number of aromatic nitrogens is 2. The van der Waals surface area contributed by atoms with Crippen molar-refractivity contribution in [1.82, 2.24) is 15.1 Å². The van der Waals surface area contributed by atoms with Crippen molar-refractivity contribution in [1.29, 1.82) is 0 Å². The summed E-state index contributed by atoms with van der Waals surface area (Å²) in [7, 11) is 3.94. The molecule has 0 saturated carbocycles. The highest BCUT2D eigenvalue weighted by Gasteiger charge is 2.14. The minimum Gasteiger partial charge on any atom is -0.313 e. The van der Waals surface area contributed by atoms with Gasteiger partial charge in [-0.3, -0.25) is 4.68 Å². The summed E-state index contributed by atoms with van der Waals surface area (Å²) in [5.41, 5.74) is 3.81. The van der Waals surface area contributed by atoms with Crippen LogP contribution in [-0.4, -0.2) is 16.8 Å². The van der Waals surface area contributed by atoms with Gasteiger partial charge in [0.15, 0.2) is 0 Å². The summed E-state index contributed by atoms with van der Waals surface area (Å²) < 4.78 is 2.99. The molecule has 0 aliphatic heterocycles. The Morgan fingerprint density at radius 1 is 1.44 bits per heavy atom. The molecule has 4 heteroatoms. The van der Waals surface area contributed by atoms with Crippen LogP contribution in [0, 0.1) is 6.92 Å². The van der Waals surface area contributed by atoms with Crippen LogP contribution in [0.4, 0.5) is 0 Å². The fourth-order valence-electron chi connectivity index (χ4n) is 2.11. The molecule has 0 saturated heterocycles. The van der Waals surface area contributed by atoms with Gasteiger partial charge in [0.1, 0.15) is 0 Å². The lowest BCUT2D eigenvalue weighted by Crippen LogP contribution is -2.19. The highest BCUT2D eigenvalue weighted by molar-refractivity contribution is 9.10. The smallest absolute Gasteiger partial charge is 0.0522 e. The molecule has 18 heavy (non-hydrogen) atoms. The van der Waals surface area contributed by atoms with Gasteiger partial charge in [0, 0.05) is 23.8 Å². The zero-order valence-corrected chi connectivity index (χ0v) is 12.5. The predicted molar refractivity (Wildman–Crippen MR) is 77.6 cm³/mol. The third kappa shape index (κ3) is 3.00. The molecule has 0 bridgehead atoms. The fourth-order valence-corrected chi connectivity index (χ4v) is 2.63. The molecule has 0 radical (unpaired) electrons. The lowest BCUT2D eigenvalue weighted by atomic mass is 9.99. The summed E-state index contributed by atoms with van der Waals surface area (Å²) in [6.45, 7) is 2.12. The summed E-state index contributed by atoms with van der Waals surface area (Å²) in [5.74, 6) is 0. The van der Waals surface area contributed by atoms with E-state index < -0.39 is 0 Å². The van der Waals surface area contributed by atoms with Gasteiger partial charge in [-0.1, -0.05) is 33.6 Å². The summed E-state index contributed by atoms with van der Waals surface area (Å²) in [5, 5.41) is 7.59. The van der Waals surface area contributed by atoms with Gasteiger partial charge in [0.05, 0.1) is 6.20 Å². The molecular formula is C14H18BrN3. The molecule has 3 nitrogen and oxygen atoms in total. The second-order valence-corrected chi connectivity index (χ2v) is 5.45. The summed E-state index contributed by atoms with van der Waals surface area (Å²) >= 11 is 3.63. The Labute approximate surface area is 116 Å². The Kier molecular flexibility index (Phi) is 4.19. The van der Waals surface area contributed by atoms with Gasteiger partial charge in [-0.05, 0) is 37.6 Å². The first-order chi connectivity index (χ1) is 8.60. The van der Waals surface area contributed by atoms with Crippen molar-refractivity contribution in [3.63, 3.8) is 0 Å². The molecule has 0 amide bonds. The topological polar surface area (TPSA) is 29.9 Å². The van der Waals surface area contributed by atoms with E-state index in [-0.39, 0.29) is 0 Å². The number of likely N-dealkylation sites (N-methyl/N-ethyl adjacent to an activating group) is 1. The van der Waals surface area contributed by atoms with Crippen LogP contribution < -0.4 is 5.32 Å². The number of hydrogen-bond acceptors (Lipinski definition) is 2. The monoisotopic (exact) mass is 307 g/mol. The van der Waals surface area contributed by atoms with Crippen LogP contribution in [0.25, 0.3) is 0 Å². The van der Waals surface area contributed by atoms with Crippen LogP contribution in [0.3, 0.4) is 0 Å². The molecule has 1 unspecified atom stereocenters. The Balaban J connectivity index is 2.25. The van der Waals surface area contributed by atoms with Gasteiger partial charge in [0.25, 0.3) is 0 Å². The molecule has 1 aromatic heterocycles. The standard InChI is InChI=1S/C14H18BrN3/c1-10-4-5-13(15)12(6-10)14(16-2)7-11-8-17-18(3)9-11/h4-6,8-9,14,16H,7H2,1-3H3. The average Bonchev–Trinajstić information content (AvgIpc) is 2.75. The molecule has 2 aromatic rings. The molecule has 0 fully saturated rings. The first-order valence-electron chi connectivity index (χ1n) is 6.01. The van der Waals surface area contributed by atoms with E-state index in [9.17, 15) is 0 Å². The molecule has 96 valence electrons. The number of rotatable bonds is 4. The van der Waals surface area contributed by atoms with E-state index in [2.05, 4.69) is 57.7 Å². The third-order valence-electron chi connectivity index (χ3n) is 3.07. The molecule has 0 aliphatic carbocycles. The van der Waals surface area contributed by atoms with Crippen LogP contribution in [0.15, 0.2) is 35.1 Å². The molecule has 1 aromatic carbocycles. The van der Waals surface area contributed by atoms with Crippen LogP contribution in [0.2, 0.25) is 0 Å². The van der Waals surface area contributed by atoms with Crippen molar-refractivity contribution in [2.75, 3.05) is 7.05 Å². The minimum atomic E-state index is 0.295. The quantitative estimate of drug-likeness (QED) is 0.941. The molecule has 0 spiro atoms. The van der Waals surface area contributed by atoms with E-state index in [4.69, 9.17) is 0 Å². The van der Waals surface area contributed by atoms with E-state index in [1.165, 1.54) is 16.7 Å². The maximum absolute atomic E-state index is 4.21. The molecular weight excluding hydrogens is 290 g/mol. The zero-order valence-electron chi connectivity index (χ0n) is 10.9. The van der Waals surface area contributed by atoms with Gasteiger partial charge in [-0.25, -0.2) is 0 Å². The predicted octanol–water partition coefficient (Wildman–Crippen LogP) is 2.99. The van der Waals surface area contributed by atoms with E-state index >= 15 is 0 Å². The van der Waals surface area contributed by atoms with Crippen molar-refractivity contribution in [3.8, 4) is 0 Å². The molecule has 1 heterocycles. The molecule has 1 N–H and O–H groups in total. The number of benzene rings is 1. The Hall–Kier alpha value is -1.13. The van der Waals surface area contributed by atoms with Gasteiger partial charge in [-0.15, -0.1) is 0 Å². The van der Waals surface area contributed by atoms with E-state index in [0.717, 1.165) is 10.9 Å². The van der Waals surface area contributed by atoms with Gasteiger partial charge in [0.2, 0.25) is 0 Å². The van der Waals surface area contributed by atoms with E-state index in [1.807, 2.05) is 25.0 Å². The summed E-state index contributed by atoms with van der Waals surface area (Å²) in [6, 6.07) is 6.74. The first kappa shape index (κ1) is 13.3. The molecule has 0 aliphatic rings. The number of nitrogens with zero attached hydrogens (tertiary/aromatic N) is 2. The largest absolute Gasteiger partial charge is 0.313 e. The van der Waals surface area contributed by atoms with Crippen molar-refractivity contribution in [2.24, 2.45) is 7.05 Å². The van der Waals surface area contributed by atoms with Gasteiger partial charge < -0.3 is 5.32 Å². The van der Waals surface area contributed by atoms with Crippen LogP contribution in [0.5, 0.6) is 0 Å².